The highest BCUT2D eigenvalue weighted by Crippen LogP contribution is 2.21. The van der Waals surface area contributed by atoms with Crippen LogP contribution in [0.15, 0.2) is 78.6 Å². The molecule has 5 aromatic rings. The lowest BCUT2D eigenvalue weighted by Gasteiger charge is -2.11. The van der Waals surface area contributed by atoms with Gasteiger partial charge in [0.1, 0.15) is 11.2 Å². The fourth-order valence-electron chi connectivity index (χ4n) is 3.33. The minimum absolute atomic E-state index is 0.0573. The number of aryl methyl sites for hydroxylation is 1. The number of benzene rings is 2. The van der Waals surface area contributed by atoms with E-state index < -0.39 is 5.69 Å². The summed E-state index contributed by atoms with van der Waals surface area (Å²) in [7, 11) is 0. The molecule has 5 rings (SSSR count). The topological polar surface area (TPSA) is 82.9 Å². The second kappa shape index (κ2) is 7.75. The molecule has 0 unspecified atom stereocenters. The molecule has 0 aliphatic rings. The number of thiophene rings is 1. The predicted molar refractivity (Wildman–Crippen MR) is 123 cm³/mol. The summed E-state index contributed by atoms with van der Waals surface area (Å²) >= 11 is 4.70. The Balaban J connectivity index is 1.61. The molecule has 0 saturated carbocycles. The van der Waals surface area contributed by atoms with Gasteiger partial charge in [-0.15, -0.1) is 11.3 Å². The van der Waals surface area contributed by atoms with Crippen LogP contribution in [0.5, 0.6) is 0 Å². The van der Waals surface area contributed by atoms with Crippen LogP contribution in [0.1, 0.15) is 11.5 Å². The number of nitrogens with zero attached hydrogens (tertiary/aromatic N) is 4. The number of aromatic nitrogens is 4. The van der Waals surface area contributed by atoms with Crippen LogP contribution in [-0.4, -0.2) is 19.3 Å². The van der Waals surface area contributed by atoms with Gasteiger partial charge in [0.05, 0.1) is 11.2 Å². The van der Waals surface area contributed by atoms with Crippen molar-refractivity contribution < 1.29 is 4.52 Å². The van der Waals surface area contributed by atoms with Crippen LogP contribution in [-0.2, 0) is 6.54 Å². The summed E-state index contributed by atoms with van der Waals surface area (Å²) in [6, 6.07) is 16.6. The summed E-state index contributed by atoms with van der Waals surface area (Å²) in [5.74, 6) is 0.714. The lowest BCUT2D eigenvalue weighted by molar-refractivity contribution is 0.370. The molecule has 0 radical (unpaired) electrons. The van der Waals surface area contributed by atoms with E-state index in [4.69, 9.17) is 4.52 Å². The zero-order valence-corrected chi connectivity index (χ0v) is 18.7. The highest BCUT2D eigenvalue weighted by Gasteiger charge is 2.18. The Bertz CT molecular complexity index is 1510. The van der Waals surface area contributed by atoms with E-state index in [0.717, 1.165) is 15.6 Å². The third-order valence-electron chi connectivity index (χ3n) is 4.91. The maximum atomic E-state index is 13.3. The third-order valence-corrected chi connectivity index (χ3v) is 6.33. The minimum atomic E-state index is -0.455. The molecule has 0 aliphatic heterocycles. The van der Waals surface area contributed by atoms with Crippen LogP contribution in [0.3, 0.4) is 0 Å². The van der Waals surface area contributed by atoms with Gasteiger partial charge in [0, 0.05) is 10.0 Å². The van der Waals surface area contributed by atoms with E-state index >= 15 is 0 Å². The first kappa shape index (κ1) is 19.7. The fourth-order valence-corrected chi connectivity index (χ4v) is 4.42. The SMILES string of the molecule is Cc1ccc(-n2c(=O)c3sccc3n(Cc3nc(-c4ccc(Br)cc4)no3)c2=O)cc1. The summed E-state index contributed by atoms with van der Waals surface area (Å²) in [6.45, 7) is 2.01. The Morgan fingerprint density at radius 1 is 1.03 bits per heavy atom. The molecule has 2 aromatic carbocycles. The van der Waals surface area contributed by atoms with Crippen molar-refractivity contribution in [1.29, 1.82) is 0 Å². The normalized spacial score (nSPS) is 11.3. The Kier molecular flexibility index (Phi) is 4.91. The summed E-state index contributed by atoms with van der Waals surface area (Å²) in [4.78, 5) is 30.8. The largest absolute Gasteiger partial charge is 0.337 e. The monoisotopic (exact) mass is 494 g/mol. The molecule has 7 nitrogen and oxygen atoms in total. The van der Waals surface area contributed by atoms with Crippen LogP contribution in [0.2, 0.25) is 0 Å². The average molecular weight is 495 g/mol. The minimum Gasteiger partial charge on any atom is -0.337 e. The lowest BCUT2D eigenvalue weighted by atomic mass is 10.2. The average Bonchev–Trinajstić information content (AvgIpc) is 3.43. The molecule has 31 heavy (non-hydrogen) atoms. The van der Waals surface area contributed by atoms with Crippen molar-refractivity contribution in [2.45, 2.75) is 13.5 Å². The maximum absolute atomic E-state index is 13.3. The van der Waals surface area contributed by atoms with E-state index in [-0.39, 0.29) is 18.0 Å². The lowest BCUT2D eigenvalue weighted by Crippen LogP contribution is -2.38. The zero-order chi connectivity index (χ0) is 21.5. The van der Waals surface area contributed by atoms with E-state index in [1.165, 1.54) is 20.5 Å². The molecule has 0 atom stereocenters. The van der Waals surface area contributed by atoms with Crippen molar-refractivity contribution in [1.82, 2.24) is 19.3 Å². The Hall–Kier alpha value is -3.30. The summed E-state index contributed by atoms with van der Waals surface area (Å²) in [5, 5.41) is 5.83. The van der Waals surface area contributed by atoms with Crippen LogP contribution < -0.4 is 11.2 Å². The molecule has 0 bridgehead atoms. The highest BCUT2D eigenvalue weighted by molar-refractivity contribution is 9.10. The number of hydrogen-bond acceptors (Lipinski definition) is 6. The molecule has 3 aromatic heterocycles. The van der Waals surface area contributed by atoms with E-state index in [2.05, 4.69) is 26.1 Å². The van der Waals surface area contributed by atoms with Crippen LogP contribution in [0, 0.1) is 6.92 Å². The molecular weight excluding hydrogens is 480 g/mol. The van der Waals surface area contributed by atoms with Crippen LogP contribution in [0.25, 0.3) is 27.3 Å². The smallest absolute Gasteiger partial charge is 0.336 e. The van der Waals surface area contributed by atoms with E-state index in [0.29, 0.717) is 21.7 Å². The van der Waals surface area contributed by atoms with Gasteiger partial charge in [-0.3, -0.25) is 9.36 Å². The highest BCUT2D eigenvalue weighted by atomic mass is 79.9. The van der Waals surface area contributed by atoms with Crippen LogP contribution in [0.4, 0.5) is 0 Å². The number of halogens is 1. The van der Waals surface area contributed by atoms with Gasteiger partial charge in [0.2, 0.25) is 11.7 Å². The fraction of sp³-hybridized carbons (Fsp3) is 0.0909. The van der Waals surface area contributed by atoms with Crippen molar-refractivity contribution in [2.24, 2.45) is 0 Å². The summed E-state index contributed by atoms with van der Waals surface area (Å²) in [6.07, 6.45) is 0. The summed E-state index contributed by atoms with van der Waals surface area (Å²) in [5.41, 5.74) is 2.12. The van der Waals surface area contributed by atoms with Gasteiger partial charge in [0.15, 0.2) is 0 Å². The van der Waals surface area contributed by atoms with E-state index in [1.54, 1.807) is 23.6 Å². The molecule has 9 heteroatoms. The third kappa shape index (κ3) is 3.55. The van der Waals surface area contributed by atoms with Crippen molar-refractivity contribution in [3.8, 4) is 17.1 Å². The first-order valence-corrected chi connectivity index (χ1v) is 11.1. The predicted octanol–water partition coefficient (Wildman–Crippen LogP) is 4.38. The Morgan fingerprint density at radius 3 is 2.52 bits per heavy atom. The van der Waals surface area contributed by atoms with E-state index in [9.17, 15) is 9.59 Å². The number of hydrogen-bond donors (Lipinski definition) is 0. The Morgan fingerprint density at radius 2 is 1.77 bits per heavy atom. The molecular formula is C22H15BrN4O3S. The van der Waals surface area contributed by atoms with Gasteiger partial charge >= 0.3 is 5.69 Å². The van der Waals surface area contributed by atoms with Crippen molar-refractivity contribution in [3.05, 3.63) is 96.7 Å². The standard InChI is InChI=1S/C22H15BrN4O3S/c1-13-2-8-16(9-3-13)27-21(28)19-17(10-11-31-19)26(22(27)29)12-18-24-20(25-30-18)14-4-6-15(23)7-5-14/h2-11H,12H2,1H3. The van der Waals surface area contributed by atoms with Gasteiger partial charge in [-0.25, -0.2) is 9.36 Å². The molecule has 0 saturated heterocycles. The van der Waals surface area contributed by atoms with Gasteiger partial charge in [0.25, 0.3) is 5.56 Å². The second-order valence-electron chi connectivity index (χ2n) is 7.00. The number of fused-ring (bicyclic) bond motifs is 1. The maximum Gasteiger partial charge on any atom is 0.336 e. The van der Waals surface area contributed by atoms with Gasteiger partial charge in [-0.1, -0.05) is 38.8 Å². The van der Waals surface area contributed by atoms with Crippen LogP contribution >= 0.6 is 27.3 Å². The summed E-state index contributed by atoms with van der Waals surface area (Å²) < 4.78 is 9.53. The van der Waals surface area contributed by atoms with Crippen molar-refractivity contribution in [2.75, 3.05) is 0 Å². The van der Waals surface area contributed by atoms with E-state index in [1.807, 2.05) is 43.3 Å². The Labute approximate surface area is 188 Å². The molecule has 3 heterocycles. The van der Waals surface area contributed by atoms with Crippen molar-refractivity contribution in [3.63, 3.8) is 0 Å². The molecule has 0 fully saturated rings. The molecule has 0 N–H and O–H groups in total. The van der Waals surface area contributed by atoms with Gasteiger partial charge in [-0.2, -0.15) is 4.98 Å². The molecule has 154 valence electrons. The van der Waals surface area contributed by atoms with Gasteiger partial charge < -0.3 is 4.52 Å². The van der Waals surface area contributed by atoms with Gasteiger partial charge in [-0.05, 0) is 54.8 Å². The quantitative estimate of drug-likeness (QED) is 0.370. The first-order valence-electron chi connectivity index (χ1n) is 9.40. The molecule has 0 spiro atoms. The number of rotatable bonds is 4. The van der Waals surface area contributed by atoms with Crippen molar-refractivity contribution >= 4 is 37.5 Å². The molecule has 0 aliphatic carbocycles. The molecule has 0 amide bonds. The first-order chi connectivity index (χ1) is 15.0. The second-order valence-corrected chi connectivity index (χ2v) is 8.83. The zero-order valence-electron chi connectivity index (χ0n) is 16.3.